The van der Waals surface area contributed by atoms with E-state index in [1.807, 2.05) is 11.8 Å². The number of aromatic nitrogens is 3. The second-order valence-electron chi connectivity index (χ2n) is 6.97. The van der Waals surface area contributed by atoms with Crippen molar-refractivity contribution in [1.82, 2.24) is 19.7 Å². The van der Waals surface area contributed by atoms with Gasteiger partial charge in [-0.25, -0.2) is 0 Å². The third kappa shape index (κ3) is 4.74. The van der Waals surface area contributed by atoms with Gasteiger partial charge in [0.05, 0.1) is 5.25 Å². The molecule has 7 nitrogen and oxygen atoms in total. The van der Waals surface area contributed by atoms with Crippen molar-refractivity contribution in [3.8, 4) is 0 Å². The number of thioether (sulfide) groups is 1. The van der Waals surface area contributed by atoms with Crippen molar-refractivity contribution in [2.24, 2.45) is 5.73 Å². The summed E-state index contributed by atoms with van der Waals surface area (Å²) in [6, 6.07) is 0.404. The number of amides is 2. The van der Waals surface area contributed by atoms with Crippen molar-refractivity contribution in [1.29, 1.82) is 0 Å². The van der Waals surface area contributed by atoms with E-state index in [1.165, 1.54) is 24.6 Å². The van der Waals surface area contributed by atoms with E-state index in [4.69, 9.17) is 5.73 Å². The molecule has 2 heterocycles. The van der Waals surface area contributed by atoms with Crippen LogP contribution in [-0.2, 0) is 16.0 Å². The van der Waals surface area contributed by atoms with E-state index in [1.54, 1.807) is 0 Å². The number of primary amides is 1. The van der Waals surface area contributed by atoms with Gasteiger partial charge in [0.25, 0.3) is 0 Å². The van der Waals surface area contributed by atoms with Gasteiger partial charge in [-0.15, -0.1) is 10.2 Å². The Hall–Kier alpha value is -1.57. The summed E-state index contributed by atoms with van der Waals surface area (Å²) in [6.07, 6.45) is 7.60. The molecule has 1 aromatic heterocycles. The van der Waals surface area contributed by atoms with Crippen molar-refractivity contribution in [2.45, 2.75) is 74.7 Å². The van der Waals surface area contributed by atoms with E-state index >= 15 is 0 Å². The van der Waals surface area contributed by atoms with Gasteiger partial charge in [0.2, 0.25) is 11.8 Å². The Bertz CT molecular complexity index is 621. The molecule has 1 atom stereocenters. The van der Waals surface area contributed by atoms with Crippen LogP contribution in [0.15, 0.2) is 5.16 Å². The van der Waals surface area contributed by atoms with Crippen LogP contribution >= 0.6 is 11.8 Å². The number of rotatable bonds is 7. The largest absolute Gasteiger partial charge is 0.370 e. The Morgan fingerprint density at radius 2 is 1.88 bits per heavy atom. The highest BCUT2D eigenvalue weighted by molar-refractivity contribution is 8.00. The summed E-state index contributed by atoms with van der Waals surface area (Å²) in [5.74, 6) is 0.665. The smallest absolute Gasteiger partial charge is 0.235 e. The molecule has 1 unspecified atom stereocenters. The number of aryl methyl sites for hydroxylation is 1. The van der Waals surface area contributed by atoms with Crippen LogP contribution in [0.5, 0.6) is 0 Å². The Morgan fingerprint density at radius 1 is 1.20 bits per heavy atom. The maximum atomic E-state index is 12.8. The monoisotopic (exact) mass is 365 g/mol. The number of hydrogen-bond acceptors (Lipinski definition) is 5. The van der Waals surface area contributed by atoms with Crippen LogP contribution in [0.2, 0.25) is 0 Å². The van der Waals surface area contributed by atoms with Crippen LogP contribution < -0.4 is 5.73 Å². The average molecular weight is 366 g/mol. The summed E-state index contributed by atoms with van der Waals surface area (Å²) in [5.41, 5.74) is 5.25. The number of hydrogen-bond donors (Lipinski definition) is 1. The highest BCUT2D eigenvalue weighted by atomic mass is 32.2. The zero-order chi connectivity index (χ0) is 17.8. The minimum absolute atomic E-state index is 0.177. The summed E-state index contributed by atoms with van der Waals surface area (Å²) >= 11 is 1.48. The fraction of sp³-hybridized carbons (Fsp3) is 0.765. The molecule has 3 rings (SSSR count). The van der Waals surface area contributed by atoms with Gasteiger partial charge >= 0.3 is 0 Å². The predicted octanol–water partition coefficient (Wildman–Crippen LogP) is 1.91. The van der Waals surface area contributed by atoms with Gasteiger partial charge in [-0.2, -0.15) is 0 Å². The van der Waals surface area contributed by atoms with Gasteiger partial charge < -0.3 is 15.2 Å². The lowest BCUT2D eigenvalue weighted by molar-refractivity contribution is -0.130. The van der Waals surface area contributed by atoms with Crippen LogP contribution in [0.25, 0.3) is 0 Å². The van der Waals surface area contributed by atoms with Crippen molar-refractivity contribution in [3.63, 3.8) is 0 Å². The number of carbonyl (C=O) groups excluding carboxylic acids is 2. The lowest BCUT2D eigenvalue weighted by Crippen LogP contribution is -2.37. The van der Waals surface area contributed by atoms with Crippen LogP contribution in [0.4, 0.5) is 0 Å². The maximum absolute atomic E-state index is 12.8. The summed E-state index contributed by atoms with van der Waals surface area (Å²) < 4.78 is 2.11. The van der Waals surface area contributed by atoms with Crippen LogP contribution in [0.1, 0.15) is 63.7 Å². The molecule has 25 heavy (non-hydrogen) atoms. The average Bonchev–Trinajstić information content (AvgIpc) is 3.38. The van der Waals surface area contributed by atoms with E-state index in [2.05, 4.69) is 14.8 Å². The van der Waals surface area contributed by atoms with Gasteiger partial charge in [0.15, 0.2) is 5.16 Å². The first-order valence-electron chi connectivity index (χ1n) is 9.24. The number of carbonyl (C=O) groups is 2. The van der Waals surface area contributed by atoms with E-state index in [9.17, 15) is 9.59 Å². The van der Waals surface area contributed by atoms with Gasteiger partial charge in [-0.05, 0) is 32.6 Å². The van der Waals surface area contributed by atoms with E-state index < -0.39 is 0 Å². The first-order valence-corrected chi connectivity index (χ1v) is 10.1. The molecule has 138 valence electrons. The third-order valence-corrected chi connectivity index (χ3v) is 5.83. The minimum atomic E-state index is -0.329. The van der Waals surface area contributed by atoms with E-state index in [0.717, 1.165) is 49.8 Å². The lowest BCUT2D eigenvalue weighted by atomic mass is 10.2. The third-order valence-electron chi connectivity index (χ3n) is 4.79. The number of likely N-dealkylation sites (tertiary alicyclic amines) is 1. The van der Waals surface area contributed by atoms with Gasteiger partial charge in [0.1, 0.15) is 5.82 Å². The standard InChI is InChI=1S/C17H27N5O2S/c1-12(16(24)21-10-4-2-3-5-11-21)25-17-20-19-15(9-8-14(18)23)22(17)13-6-7-13/h12-13H,2-11H2,1H3,(H2,18,23). The van der Waals surface area contributed by atoms with Crippen LogP contribution in [-0.4, -0.2) is 49.8 Å². The van der Waals surface area contributed by atoms with Gasteiger partial charge in [0, 0.05) is 32.0 Å². The van der Waals surface area contributed by atoms with Crippen LogP contribution in [0, 0.1) is 0 Å². The molecule has 0 aromatic carbocycles. The molecule has 1 aliphatic carbocycles. The Labute approximate surface area is 152 Å². The SMILES string of the molecule is CC(Sc1nnc(CCC(N)=O)n1C1CC1)C(=O)N1CCCCCC1. The maximum Gasteiger partial charge on any atom is 0.235 e. The summed E-state index contributed by atoms with van der Waals surface area (Å²) in [5, 5.41) is 9.16. The predicted molar refractivity (Wildman–Crippen MR) is 96.2 cm³/mol. The second kappa shape index (κ2) is 8.21. The molecule has 1 aromatic rings. The minimum Gasteiger partial charge on any atom is -0.370 e. The Kier molecular flexibility index (Phi) is 5.98. The molecule has 2 amide bonds. The fourth-order valence-corrected chi connectivity index (χ4v) is 4.27. The molecule has 2 N–H and O–H groups in total. The molecular formula is C17H27N5O2S. The molecule has 0 spiro atoms. The molecular weight excluding hydrogens is 338 g/mol. The highest BCUT2D eigenvalue weighted by Crippen LogP contribution is 2.39. The Morgan fingerprint density at radius 3 is 2.48 bits per heavy atom. The first kappa shape index (κ1) is 18.2. The van der Waals surface area contributed by atoms with Crippen molar-refractivity contribution in [2.75, 3.05) is 13.1 Å². The van der Waals surface area contributed by atoms with Gasteiger partial charge in [-0.1, -0.05) is 24.6 Å². The van der Waals surface area contributed by atoms with E-state index in [-0.39, 0.29) is 23.5 Å². The normalized spacial score (nSPS) is 19.5. The zero-order valence-electron chi connectivity index (χ0n) is 14.8. The van der Waals surface area contributed by atoms with Crippen LogP contribution in [0.3, 0.4) is 0 Å². The molecule has 0 radical (unpaired) electrons. The molecule has 0 bridgehead atoms. The highest BCUT2D eigenvalue weighted by Gasteiger charge is 2.31. The zero-order valence-corrected chi connectivity index (χ0v) is 15.6. The number of nitrogens with two attached hydrogens (primary N) is 1. The first-order chi connectivity index (χ1) is 12.1. The second-order valence-corrected chi connectivity index (χ2v) is 8.27. The summed E-state index contributed by atoms with van der Waals surface area (Å²) in [4.78, 5) is 25.8. The molecule has 1 saturated carbocycles. The van der Waals surface area contributed by atoms with Gasteiger partial charge in [-0.3, -0.25) is 9.59 Å². The topological polar surface area (TPSA) is 94.1 Å². The lowest BCUT2D eigenvalue weighted by Gasteiger charge is -2.23. The molecule has 2 aliphatic rings. The fourth-order valence-electron chi connectivity index (χ4n) is 3.25. The molecule has 1 aliphatic heterocycles. The number of nitrogens with zero attached hydrogens (tertiary/aromatic N) is 4. The quantitative estimate of drug-likeness (QED) is 0.745. The molecule has 1 saturated heterocycles. The Balaban J connectivity index is 1.66. The summed E-state index contributed by atoms with van der Waals surface area (Å²) in [7, 11) is 0. The van der Waals surface area contributed by atoms with Crippen molar-refractivity contribution >= 4 is 23.6 Å². The molecule has 2 fully saturated rings. The van der Waals surface area contributed by atoms with Crippen molar-refractivity contribution in [3.05, 3.63) is 5.82 Å². The summed E-state index contributed by atoms with van der Waals surface area (Å²) in [6.45, 7) is 3.68. The van der Waals surface area contributed by atoms with E-state index in [0.29, 0.717) is 12.5 Å². The molecule has 8 heteroatoms. The van der Waals surface area contributed by atoms with Crippen molar-refractivity contribution < 1.29 is 9.59 Å².